The molecule has 5 heteroatoms. The number of ether oxygens (including phenoxy) is 1. The molecule has 0 saturated heterocycles. The van der Waals surface area contributed by atoms with Gasteiger partial charge in [0.05, 0.1) is 13.3 Å². The maximum atomic E-state index is 13.0. The van der Waals surface area contributed by atoms with Crippen molar-refractivity contribution in [2.45, 2.75) is 6.92 Å². The Balaban J connectivity index is 2.04. The third-order valence-electron chi connectivity index (χ3n) is 2.90. The molecule has 0 fully saturated rings. The molecule has 0 aliphatic carbocycles. The van der Waals surface area contributed by atoms with Crippen LogP contribution in [0.25, 0.3) is 0 Å². The number of rotatable bonds is 4. The first-order chi connectivity index (χ1) is 10.1. The van der Waals surface area contributed by atoms with Gasteiger partial charge in [0.1, 0.15) is 11.6 Å². The minimum absolute atomic E-state index is 0.216. The third-order valence-corrected chi connectivity index (χ3v) is 2.90. The molecule has 21 heavy (non-hydrogen) atoms. The number of methoxy groups -OCH3 is 1. The van der Waals surface area contributed by atoms with Gasteiger partial charge in [0.25, 0.3) is 5.91 Å². The quantitative estimate of drug-likeness (QED) is 0.694. The number of carbonyl (C=O) groups is 1. The van der Waals surface area contributed by atoms with E-state index in [1.54, 1.807) is 7.11 Å². The summed E-state index contributed by atoms with van der Waals surface area (Å²) in [7, 11) is 1.59. The number of hydrogen-bond donors (Lipinski definition) is 1. The van der Waals surface area contributed by atoms with E-state index in [4.69, 9.17) is 4.74 Å². The van der Waals surface area contributed by atoms with Crippen molar-refractivity contribution in [1.82, 2.24) is 5.43 Å². The molecule has 0 spiro atoms. The van der Waals surface area contributed by atoms with Gasteiger partial charge in [0.2, 0.25) is 0 Å². The number of carbonyl (C=O) groups excluding carboxylic acids is 1. The number of amides is 1. The highest BCUT2D eigenvalue weighted by Gasteiger charge is 2.04. The van der Waals surface area contributed by atoms with Crippen LogP contribution in [0.1, 0.15) is 21.5 Å². The zero-order chi connectivity index (χ0) is 15.2. The molecule has 2 aromatic rings. The lowest BCUT2D eigenvalue weighted by atomic mass is 10.1. The van der Waals surface area contributed by atoms with Gasteiger partial charge >= 0.3 is 0 Å². The molecule has 4 nitrogen and oxygen atoms in total. The Labute approximate surface area is 122 Å². The number of halogens is 1. The molecule has 2 rings (SSSR count). The minimum atomic E-state index is -0.468. The van der Waals surface area contributed by atoms with Gasteiger partial charge in [-0.1, -0.05) is 18.2 Å². The van der Waals surface area contributed by atoms with Crippen molar-refractivity contribution in [3.63, 3.8) is 0 Å². The van der Waals surface area contributed by atoms with Crippen LogP contribution in [0.15, 0.2) is 47.6 Å². The molecular formula is C16H15FN2O2. The molecule has 0 saturated carbocycles. The van der Waals surface area contributed by atoms with Crippen molar-refractivity contribution >= 4 is 12.1 Å². The molecular weight excluding hydrogens is 271 g/mol. The summed E-state index contributed by atoms with van der Waals surface area (Å²) in [6, 6.07) is 11.0. The highest BCUT2D eigenvalue weighted by atomic mass is 19.1. The van der Waals surface area contributed by atoms with Crippen LogP contribution in [0.5, 0.6) is 5.75 Å². The molecule has 0 atom stereocenters. The van der Waals surface area contributed by atoms with Crippen molar-refractivity contribution in [1.29, 1.82) is 0 Å². The zero-order valence-corrected chi connectivity index (χ0v) is 11.8. The standard InChI is InChI=1S/C16H15FN2O2/c1-11-6-7-12(8-15(11)21-2)10-18-19-16(20)13-4-3-5-14(17)9-13/h3-10H,1-2H3,(H,19,20)/b18-10+. The molecule has 0 aromatic heterocycles. The summed E-state index contributed by atoms with van der Waals surface area (Å²) < 4.78 is 18.2. The van der Waals surface area contributed by atoms with Gasteiger partial charge in [-0.05, 0) is 42.3 Å². The smallest absolute Gasteiger partial charge is 0.271 e. The van der Waals surface area contributed by atoms with Gasteiger partial charge in [-0.25, -0.2) is 9.82 Å². The normalized spacial score (nSPS) is 10.6. The first-order valence-electron chi connectivity index (χ1n) is 6.34. The summed E-state index contributed by atoms with van der Waals surface area (Å²) >= 11 is 0. The highest BCUT2D eigenvalue weighted by molar-refractivity contribution is 5.94. The van der Waals surface area contributed by atoms with Gasteiger partial charge in [-0.15, -0.1) is 0 Å². The van der Waals surface area contributed by atoms with E-state index in [1.807, 2.05) is 25.1 Å². The lowest BCUT2D eigenvalue weighted by molar-refractivity contribution is 0.0954. The predicted octanol–water partition coefficient (Wildman–Crippen LogP) is 2.91. The molecule has 108 valence electrons. The molecule has 1 N–H and O–H groups in total. The molecule has 0 radical (unpaired) electrons. The van der Waals surface area contributed by atoms with Crippen LogP contribution in [0.2, 0.25) is 0 Å². The summed E-state index contributed by atoms with van der Waals surface area (Å²) in [5, 5.41) is 3.85. The Bertz CT molecular complexity index is 684. The molecule has 0 bridgehead atoms. The summed E-state index contributed by atoms with van der Waals surface area (Å²) in [5.74, 6) is -0.185. The fourth-order valence-corrected chi connectivity index (χ4v) is 1.78. The van der Waals surface area contributed by atoms with Crippen LogP contribution in [0.4, 0.5) is 4.39 Å². The lowest BCUT2D eigenvalue weighted by Gasteiger charge is -2.04. The second-order valence-corrected chi connectivity index (χ2v) is 4.44. The number of nitrogens with zero attached hydrogens (tertiary/aromatic N) is 1. The van der Waals surface area contributed by atoms with E-state index in [-0.39, 0.29) is 5.56 Å². The fraction of sp³-hybridized carbons (Fsp3) is 0.125. The monoisotopic (exact) mass is 286 g/mol. The minimum Gasteiger partial charge on any atom is -0.496 e. The van der Waals surface area contributed by atoms with Crippen LogP contribution in [-0.2, 0) is 0 Å². The van der Waals surface area contributed by atoms with Crippen molar-refractivity contribution in [3.8, 4) is 5.75 Å². The van der Waals surface area contributed by atoms with E-state index in [9.17, 15) is 9.18 Å². The van der Waals surface area contributed by atoms with Gasteiger partial charge in [-0.2, -0.15) is 5.10 Å². The maximum absolute atomic E-state index is 13.0. The van der Waals surface area contributed by atoms with Gasteiger partial charge in [0.15, 0.2) is 0 Å². The van der Waals surface area contributed by atoms with Crippen molar-refractivity contribution < 1.29 is 13.9 Å². The summed E-state index contributed by atoms with van der Waals surface area (Å²) in [4.78, 5) is 11.7. The Hall–Kier alpha value is -2.69. The lowest BCUT2D eigenvalue weighted by Crippen LogP contribution is -2.17. The number of hydrogen-bond acceptors (Lipinski definition) is 3. The Morgan fingerprint density at radius 1 is 1.29 bits per heavy atom. The van der Waals surface area contributed by atoms with Crippen molar-refractivity contribution in [3.05, 3.63) is 65.0 Å². The largest absolute Gasteiger partial charge is 0.496 e. The van der Waals surface area contributed by atoms with Crippen molar-refractivity contribution in [2.75, 3.05) is 7.11 Å². The topological polar surface area (TPSA) is 50.7 Å². The number of hydrazone groups is 1. The molecule has 0 aliphatic heterocycles. The highest BCUT2D eigenvalue weighted by Crippen LogP contribution is 2.17. The molecule has 2 aromatic carbocycles. The Morgan fingerprint density at radius 3 is 2.81 bits per heavy atom. The average molecular weight is 286 g/mol. The summed E-state index contributed by atoms with van der Waals surface area (Å²) in [6.07, 6.45) is 1.50. The van der Waals surface area contributed by atoms with E-state index in [1.165, 1.54) is 24.4 Å². The van der Waals surface area contributed by atoms with Crippen LogP contribution < -0.4 is 10.2 Å². The average Bonchev–Trinajstić information content (AvgIpc) is 2.48. The molecule has 0 heterocycles. The predicted molar refractivity (Wildman–Crippen MR) is 79.2 cm³/mol. The fourth-order valence-electron chi connectivity index (χ4n) is 1.78. The number of aryl methyl sites for hydroxylation is 1. The van der Waals surface area contributed by atoms with Crippen LogP contribution in [0, 0.1) is 12.7 Å². The van der Waals surface area contributed by atoms with Crippen LogP contribution in [0.3, 0.4) is 0 Å². The van der Waals surface area contributed by atoms with Crippen LogP contribution >= 0.6 is 0 Å². The van der Waals surface area contributed by atoms with Gasteiger partial charge in [-0.3, -0.25) is 4.79 Å². The van der Waals surface area contributed by atoms with E-state index < -0.39 is 11.7 Å². The summed E-state index contributed by atoms with van der Waals surface area (Å²) in [6.45, 7) is 1.94. The third kappa shape index (κ3) is 3.89. The number of nitrogens with one attached hydrogen (secondary N) is 1. The number of benzene rings is 2. The van der Waals surface area contributed by atoms with Crippen molar-refractivity contribution in [2.24, 2.45) is 5.10 Å². The second-order valence-electron chi connectivity index (χ2n) is 4.44. The first-order valence-corrected chi connectivity index (χ1v) is 6.34. The second kappa shape index (κ2) is 6.65. The Morgan fingerprint density at radius 2 is 2.10 bits per heavy atom. The van der Waals surface area contributed by atoms with Crippen LogP contribution in [-0.4, -0.2) is 19.2 Å². The SMILES string of the molecule is COc1cc(/C=N/NC(=O)c2cccc(F)c2)ccc1C. The van der Waals surface area contributed by atoms with E-state index in [0.717, 1.165) is 22.9 Å². The zero-order valence-electron chi connectivity index (χ0n) is 11.8. The first kappa shape index (κ1) is 14.7. The Kier molecular flexibility index (Phi) is 4.66. The van der Waals surface area contributed by atoms with Gasteiger partial charge in [0, 0.05) is 5.56 Å². The maximum Gasteiger partial charge on any atom is 0.271 e. The summed E-state index contributed by atoms with van der Waals surface area (Å²) in [5.41, 5.74) is 4.37. The van der Waals surface area contributed by atoms with E-state index in [2.05, 4.69) is 10.5 Å². The van der Waals surface area contributed by atoms with Gasteiger partial charge < -0.3 is 4.74 Å². The molecule has 1 amide bonds. The molecule has 0 unspecified atom stereocenters. The van der Waals surface area contributed by atoms with E-state index in [0.29, 0.717) is 0 Å². The van der Waals surface area contributed by atoms with E-state index >= 15 is 0 Å². The molecule has 0 aliphatic rings.